The van der Waals surface area contributed by atoms with Crippen LogP contribution in [0, 0.1) is 16.0 Å². The van der Waals surface area contributed by atoms with E-state index >= 15 is 0 Å². The summed E-state index contributed by atoms with van der Waals surface area (Å²) in [5, 5.41) is 16.8. The molecule has 1 amide bonds. The lowest BCUT2D eigenvalue weighted by molar-refractivity contribution is -0.384. The Balaban J connectivity index is 1.45. The van der Waals surface area contributed by atoms with Gasteiger partial charge in [0, 0.05) is 29.5 Å². The van der Waals surface area contributed by atoms with E-state index in [-0.39, 0.29) is 23.4 Å². The van der Waals surface area contributed by atoms with Crippen LogP contribution < -0.4 is 10.6 Å². The number of carbonyl (C=O) groups excluding carboxylic acids is 1. The Morgan fingerprint density at radius 2 is 2.00 bits per heavy atom. The Morgan fingerprint density at radius 1 is 1.20 bits per heavy atom. The van der Waals surface area contributed by atoms with Crippen molar-refractivity contribution < 1.29 is 9.72 Å². The van der Waals surface area contributed by atoms with Crippen LogP contribution in [-0.4, -0.2) is 23.9 Å². The summed E-state index contributed by atoms with van der Waals surface area (Å²) in [5.74, 6) is 0.329. The normalized spacial score (nSPS) is 18.4. The van der Waals surface area contributed by atoms with Crippen LogP contribution in [0.1, 0.15) is 17.9 Å². The quantitative estimate of drug-likeness (QED) is 0.419. The first-order valence-corrected chi connectivity index (χ1v) is 8.86. The van der Waals surface area contributed by atoms with E-state index in [2.05, 4.69) is 26.6 Å². The van der Waals surface area contributed by atoms with Gasteiger partial charge in [-0.25, -0.2) is 0 Å². The second-order valence-corrected chi connectivity index (χ2v) is 6.91. The lowest BCUT2D eigenvalue weighted by atomic mass is 10.1. The first-order valence-electron chi connectivity index (χ1n) is 8.06. The molecule has 130 valence electrons. The van der Waals surface area contributed by atoms with Crippen molar-refractivity contribution in [2.45, 2.75) is 12.3 Å². The molecule has 25 heavy (non-hydrogen) atoms. The lowest BCUT2D eigenvalue weighted by Crippen LogP contribution is -2.30. The van der Waals surface area contributed by atoms with Crippen LogP contribution in [0.5, 0.6) is 0 Å². The maximum atomic E-state index is 12.2. The van der Waals surface area contributed by atoms with Gasteiger partial charge >= 0.3 is 0 Å². The number of amides is 1. The number of anilines is 1. The third-order valence-electron chi connectivity index (χ3n) is 4.24. The van der Waals surface area contributed by atoms with Crippen LogP contribution in [0.15, 0.2) is 53.0 Å². The molecule has 0 radical (unpaired) electrons. The number of hydrogen-bond acceptors (Lipinski definition) is 4. The fourth-order valence-electron chi connectivity index (χ4n) is 2.89. The van der Waals surface area contributed by atoms with E-state index < -0.39 is 4.92 Å². The monoisotopic (exact) mass is 403 g/mol. The minimum Gasteiger partial charge on any atom is -0.378 e. The Morgan fingerprint density at radius 3 is 2.76 bits per heavy atom. The first-order chi connectivity index (χ1) is 12.1. The van der Waals surface area contributed by atoms with Crippen molar-refractivity contribution in [1.82, 2.24) is 5.32 Å². The summed E-state index contributed by atoms with van der Waals surface area (Å²) >= 11 is 3.45. The zero-order valence-electron chi connectivity index (χ0n) is 13.4. The summed E-state index contributed by atoms with van der Waals surface area (Å²) in [7, 11) is 0. The smallest absolute Gasteiger partial charge is 0.292 e. The van der Waals surface area contributed by atoms with Crippen molar-refractivity contribution in [3.05, 3.63) is 68.7 Å². The maximum Gasteiger partial charge on any atom is 0.292 e. The topological polar surface area (TPSA) is 84.3 Å². The summed E-state index contributed by atoms with van der Waals surface area (Å²) in [6, 6.07) is 14.5. The van der Waals surface area contributed by atoms with Crippen LogP contribution in [0.25, 0.3) is 0 Å². The van der Waals surface area contributed by atoms with Gasteiger partial charge in [-0.15, -0.1) is 0 Å². The second-order valence-electron chi connectivity index (χ2n) is 6.00. The number of carbonyl (C=O) groups is 1. The SMILES string of the molecule is O=C(NCCNc1ccccc1[N+](=O)[O-])C1CC1c1cccc(Br)c1. The third-order valence-corrected chi connectivity index (χ3v) is 4.74. The van der Waals surface area contributed by atoms with Gasteiger partial charge in [0.1, 0.15) is 5.69 Å². The van der Waals surface area contributed by atoms with Crippen LogP contribution in [0.4, 0.5) is 11.4 Å². The molecule has 1 fully saturated rings. The number of halogens is 1. The minimum atomic E-state index is -0.423. The van der Waals surface area contributed by atoms with E-state index in [9.17, 15) is 14.9 Å². The molecule has 7 heteroatoms. The van der Waals surface area contributed by atoms with Crippen LogP contribution in [-0.2, 0) is 4.79 Å². The Kier molecular flexibility index (Phi) is 5.33. The molecule has 0 saturated heterocycles. The minimum absolute atomic E-state index is 0.0142. The highest BCUT2D eigenvalue weighted by Crippen LogP contribution is 2.47. The molecule has 1 saturated carbocycles. The zero-order valence-corrected chi connectivity index (χ0v) is 15.0. The van der Waals surface area contributed by atoms with E-state index in [1.54, 1.807) is 18.2 Å². The number of nitro benzene ring substituents is 1. The molecule has 3 rings (SSSR count). The van der Waals surface area contributed by atoms with Gasteiger partial charge in [-0.1, -0.05) is 40.2 Å². The Labute approximate surface area is 153 Å². The number of nitrogens with zero attached hydrogens (tertiary/aromatic N) is 1. The van der Waals surface area contributed by atoms with Gasteiger partial charge in [0.15, 0.2) is 0 Å². The van der Waals surface area contributed by atoms with Gasteiger partial charge in [-0.2, -0.15) is 0 Å². The molecule has 6 nitrogen and oxygen atoms in total. The summed E-state index contributed by atoms with van der Waals surface area (Å²) < 4.78 is 1.02. The molecule has 0 spiro atoms. The Bertz CT molecular complexity index is 797. The molecular formula is C18H18BrN3O3. The molecule has 1 aliphatic carbocycles. The largest absolute Gasteiger partial charge is 0.378 e. The number of nitro groups is 1. The zero-order chi connectivity index (χ0) is 17.8. The predicted octanol–water partition coefficient (Wildman–Crippen LogP) is 3.69. The van der Waals surface area contributed by atoms with Crippen molar-refractivity contribution in [2.24, 2.45) is 5.92 Å². The van der Waals surface area contributed by atoms with E-state index in [0.29, 0.717) is 18.8 Å². The van der Waals surface area contributed by atoms with E-state index in [1.807, 2.05) is 24.3 Å². The summed E-state index contributed by atoms with van der Waals surface area (Å²) in [5.41, 5.74) is 1.67. The summed E-state index contributed by atoms with van der Waals surface area (Å²) in [6.45, 7) is 0.859. The number of hydrogen-bond donors (Lipinski definition) is 2. The highest BCUT2D eigenvalue weighted by molar-refractivity contribution is 9.10. The number of para-hydroxylation sites is 2. The molecular weight excluding hydrogens is 386 g/mol. The fourth-order valence-corrected chi connectivity index (χ4v) is 3.30. The van der Waals surface area contributed by atoms with E-state index in [1.165, 1.54) is 11.6 Å². The van der Waals surface area contributed by atoms with Crippen molar-refractivity contribution in [3.8, 4) is 0 Å². The standard InChI is InChI=1S/C18H18BrN3O3/c19-13-5-3-4-12(10-13)14-11-15(14)18(23)21-9-8-20-16-6-1-2-7-17(16)22(24)25/h1-7,10,14-15,20H,8-9,11H2,(H,21,23). The molecule has 1 aliphatic rings. The van der Waals surface area contributed by atoms with Crippen molar-refractivity contribution in [3.63, 3.8) is 0 Å². The van der Waals surface area contributed by atoms with Gasteiger partial charge in [-0.05, 0) is 36.1 Å². The van der Waals surface area contributed by atoms with Crippen molar-refractivity contribution >= 4 is 33.2 Å². The molecule has 2 unspecified atom stereocenters. The van der Waals surface area contributed by atoms with Crippen LogP contribution >= 0.6 is 15.9 Å². The molecule has 2 N–H and O–H groups in total. The number of rotatable bonds is 7. The average Bonchev–Trinajstić information content (AvgIpc) is 3.39. The van der Waals surface area contributed by atoms with Crippen molar-refractivity contribution in [2.75, 3.05) is 18.4 Å². The van der Waals surface area contributed by atoms with Gasteiger partial charge in [0.2, 0.25) is 5.91 Å². The van der Waals surface area contributed by atoms with Gasteiger partial charge in [0.05, 0.1) is 4.92 Å². The summed E-state index contributed by atoms with van der Waals surface area (Å²) in [4.78, 5) is 22.7. The number of nitrogens with one attached hydrogen (secondary N) is 2. The Hall–Kier alpha value is -2.41. The molecule has 0 bridgehead atoms. The van der Waals surface area contributed by atoms with Crippen LogP contribution in [0.2, 0.25) is 0 Å². The lowest BCUT2D eigenvalue weighted by Gasteiger charge is -2.08. The third kappa shape index (κ3) is 4.36. The predicted molar refractivity (Wildman–Crippen MR) is 99.6 cm³/mol. The highest BCUT2D eigenvalue weighted by Gasteiger charge is 2.43. The van der Waals surface area contributed by atoms with Gasteiger partial charge in [0.25, 0.3) is 5.69 Å². The van der Waals surface area contributed by atoms with E-state index in [4.69, 9.17) is 0 Å². The van der Waals surface area contributed by atoms with Gasteiger partial charge < -0.3 is 10.6 Å². The second kappa shape index (κ2) is 7.65. The van der Waals surface area contributed by atoms with Gasteiger partial charge in [-0.3, -0.25) is 14.9 Å². The highest BCUT2D eigenvalue weighted by atomic mass is 79.9. The maximum absolute atomic E-state index is 12.2. The van der Waals surface area contributed by atoms with Crippen molar-refractivity contribution in [1.29, 1.82) is 0 Å². The average molecular weight is 404 g/mol. The molecule has 2 atom stereocenters. The summed E-state index contributed by atoms with van der Waals surface area (Å²) in [6.07, 6.45) is 0.861. The molecule has 2 aromatic rings. The molecule has 0 heterocycles. The number of benzene rings is 2. The molecule has 2 aromatic carbocycles. The molecule has 0 aromatic heterocycles. The fraction of sp³-hybridized carbons (Fsp3) is 0.278. The first kappa shape index (κ1) is 17.4. The van der Waals surface area contributed by atoms with Crippen LogP contribution in [0.3, 0.4) is 0 Å². The molecule has 0 aliphatic heterocycles. The van der Waals surface area contributed by atoms with E-state index in [0.717, 1.165) is 10.9 Å².